The van der Waals surface area contributed by atoms with E-state index < -0.39 is 0 Å². The van der Waals surface area contributed by atoms with Crippen molar-refractivity contribution in [2.24, 2.45) is 0 Å². The molecule has 0 saturated carbocycles. The van der Waals surface area contributed by atoms with Gasteiger partial charge in [-0.3, -0.25) is 0 Å². The van der Waals surface area contributed by atoms with Gasteiger partial charge in [-0.05, 0) is 71.2 Å². The van der Waals surface area contributed by atoms with E-state index in [0.717, 1.165) is 72.1 Å². The zero-order chi connectivity index (χ0) is 33.3. The number of nitrogens with zero attached hydrogens (tertiary/aromatic N) is 1. The van der Waals surface area contributed by atoms with Gasteiger partial charge in [0.25, 0.3) is 0 Å². The van der Waals surface area contributed by atoms with Crippen LogP contribution in [0.4, 0.5) is 11.4 Å². The lowest BCUT2D eigenvalue weighted by Gasteiger charge is -2.28. The van der Waals surface area contributed by atoms with Crippen LogP contribution in [-0.4, -0.2) is 0 Å². The van der Waals surface area contributed by atoms with Gasteiger partial charge in [-0.25, -0.2) is 0 Å². The number of benzene rings is 6. The van der Waals surface area contributed by atoms with Crippen molar-refractivity contribution in [3.05, 3.63) is 175 Å². The molecule has 0 N–H and O–H groups in total. The number of hydrogen-bond acceptors (Lipinski definition) is 3. The van der Waals surface area contributed by atoms with Crippen molar-refractivity contribution >= 4 is 60.8 Å². The number of allylic oxidation sites excluding steroid dienone is 4. The first-order chi connectivity index (χ1) is 23.9. The highest BCUT2D eigenvalue weighted by Gasteiger charge is 2.36. The maximum absolute atomic E-state index is 6.58. The molecule has 2 aromatic heterocycles. The van der Waals surface area contributed by atoms with Crippen LogP contribution in [0.25, 0.3) is 60.6 Å². The lowest BCUT2D eigenvalue weighted by Crippen LogP contribution is -2.18. The van der Waals surface area contributed by atoms with Crippen molar-refractivity contribution in [2.45, 2.75) is 26.2 Å². The second-order valence-corrected chi connectivity index (χ2v) is 13.3. The van der Waals surface area contributed by atoms with Crippen LogP contribution in [0.2, 0.25) is 0 Å². The predicted molar refractivity (Wildman–Crippen MR) is 206 cm³/mol. The third-order valence-corrected chi connectivity index (χ3v) is 10.2. The number of fused-ring (bicyclic) bond motifs is 9. The third kappa shape index (κ3) is 4.43. The Labute approximate surface area is 285 Å². The van der Waals surface area contributed by atoms with Crippen LogP contribution in [0.5, 0.6) is 0 Å². The van der Waals surface area contributed by atoms with Gasteiger partial charge in [0.1, 0.15) is 16.7 Å². The molecule has 9 rings (SSSR count). The van der Waals surface area contributed by atoms with Crippen LogP contribution in [0.1, 0.15) is 37.5 Å². The lowest BCUT2D eigenvalue weighted by atomic mass is 9.82. The predicted octanol–water partition coefficient (Wildman–Crippen LogP) is 13.1. The Balaban J connectivity index is 1.19. The molecule has 3 heteroatoms. The first kappa shape index (κ1) is 29.1. The fraction of sp³-hybridized carbons (Fsp3) is 0.0870. The molecule has 0 bridgehead atoms. The molecule has 0 radical (unpaired) electrons. The van der Waals surface area contributed by atoms with Crippen LogP contribution in [0.3, 0.4) is 0 Å². The summed E-state index contributed by atoms with van der Waals surface area (Å²) in [7, 11) is 0. The average Bonchev–Trinajstić information content (AvgIpc) is 3.78. The van der Waals surface area contributed by atoms with Gasteiger partial charge in [-0.2, -0.15) is 0 Å². The van der Waals surface area contributed by atoms with Gasteiger partial charge in [-0.15, -0.1) is 0 Å². The van der Waals surface area contributed by atoms with Crippen molar-refractivity contribution < 1.29 is 8.83 Å². The number of furan rings is 2. The van der Waals surface area contributed by atoms with E-state index in [1.807, 2.05) is 24.3 Å². The van der Waals surface area contributed by atoms with Gasteiger partial charge in [0.15, 0.2) is 5.58 Å². The summed E-state index contributed by atoms with van der Waals surface area (Å²) in [5, 5.41) is 4.41. The third-order valence-electron chi connectivity index (χ3n) is 10.2. The Morgan fingerprint density at radius 2 is 1.22 bits per heavy atom. The van der Waals surface area contributed by atoms with Gasteiger partial charge < -0.3 is 13.7 Å². The Morgan fingerprint density at radius 3 is 1.98 bits per heavy atom. The molecular formula is C46H35NO2. The molecule has 0 atom stereocenters. The van der Waals surface area contributed by atoms with Crippen molar-refractivity contribution in [3.63, 3.8) is 0 Å². The van der Waals surface area contributed by atoms with Crippen LogP contribution in [-0.2, 0) is 5.41 Å². The van der Waals surface area contributed by atoms with Crippen molar-refractivity contribution in [1.29, 1.82) is 0 Å². The number of hydrogen-bond donors (Lipinski definition) is 0. The lowest BCUT2D eigenvalue weighted by molar-refractivity contribution is 0.660. The van der Waals surface area contributed by atoms with E-state index in [1.54, 1.807) is 0 Å². The minimum absolute atomic E-state index is 0.139. The van der Waals surface area contributed by atoms with E-state index in [2.05, 4.69) is 154 Å². The summed E-state index contributed by atoms with van der Waals surface area (Å²) in [5.41, 5.74) is 13.5. The average molecular weight is 634 g/mol. The highest BCUT2D eigenvalue weighted by Crippen LogP contribution is 2.50. The normalized spacial score (nSPS) is 13.9. The SMILES string of the molecule is C=C(/C=C\C(=C/C)c1cccc2c1oc1ccccc12)N(c1ccc2c(c1)C(C)(C)c1ccccc1-2)c1cccc2c1oc1ccccc12. The van der Waals surface area contributed by atoms with E-state index in [1.165, 1.54) is 22.3 Å². The van der Waals surface area contributed by atoms with Gasteiger partial charge in [0.05, 0.1) is 5.69 Å². The number of rotatable bonds is 6. The summed E-state index contributed by atoms with van der Waals surface area (Å²) in [5.74, 6) is 0. The van der Waals surface area contributed by atoms with E-state index in [4.69, 9.17) is 8.83 Å². The smallest absolute Gasteiger partial charge is 0.159 e. The zero-order valence-electron chi connectivity index (χ0n) is 27.8. The molecule has 2 heterocycles. The molecule has 0 unspecified atom stereocenters. The quantitative estimate of drug-likeness (QED) is 0.171. The molecule has 8 aromatic rings. The van der Waals surface area contributed by atoms with Gasteiger partial charge in [-0.1, -0.05) is 130 Å². The molecule has 1 aliphatic rings. The zero-order valence-corrected chi connectivity index (χ0v) is 27.8. The molecule has 0 spiro atoms. The van der Waals surface area contributed by atoms with E-state index in [-0.39, 0.29) is 5.41 Å². The maximum atomic E-state index is 6.58. The highest BCUT2D eigenvalue weighted by atomic mass is 16.3. The Kier molecular flexibility index (Phi) is 6.53. The fourth-order valence-electron chi connectivity index (χ4n) is 7.78. The highest BCUT2D eigenvalue weighted by molar-refractivity contribution is 6.10. The summed E-state index contributed by atoms with van der Waals surface area (Å²) in [6.45, 7) is 11.4. The van der Waals surface area contributed by atoms with E-state index in [9.17, 15) is 0 Å². The number of para-hydroxylation sites is 4. The van der Waals surface area contributed by atoms with Crippen LogP contribution in [0.15, 0.2) is 167 Å². The maximum Gasteiger partial charge on any atom is 0.159 e. The second-order valence-electron chi connectivity index (χ2n) is 13.3. The first-order valence-corrected chi connectivity index (χ1v) is 16.8. The molecule has 0 aliphatic heterocycles. The largest absolute Gasteiger partial charge is 0.455 e. The van der Waals surface area contributed by atoms with Crippen molar-refractivity contribution in [2.75, 3.05) is 4.90 Å². The molecular weight excluding hydrogens is 599 g/mol. The van der Waals surface area contributed by atoms with Crippen LogP contribution < -0.4 is 4.90 Å². The van der Waals surface area contributed by atoms with Crippen molar-refractivity contribution in [1.82, 2.24) is 0 Å². The summed E-state index contributed by atoms with van der Waals surface area (Å²) in [6, 6.07) is 44.7. The summed E-state index contributed by atoms with van der Waals surface area (Å²) in [6.07, 6.45) is 6.37. The monoisotopic (exact) mass is 633 g/mol. The van der Waals surface area contributed by atoms with Crippen LogP contribution in [0, 0.1) is 0 Å². The summed E-state index contributed by atoms with van der Waals surface area (Å²) >= 11 is 0. The summed E-state index contributed by atoms with van der Waals surface area (Å²) in [4.78, 5) is 2.23. The first-order valence-electron chi connectivity index (χ1n) is 16.8. The molecule has 49 heavy (non-hydrogen) atoms. The molecule has 6 aromatic carbocycles. The Morgan fingerprint density at radius 1 is 0.612 bits per heavy atom. The fourth-order valence-corrected chi connectivity index (χ4v) is 7.78. The van der Waals surface area contributed by atoms with Crippen LogP contribution >= 0.6 is 0 Å². The number of anilines is 2. The minimum Gasteiger partial charge on any atom is -0.455 e. The molecule has 0 amide bonds. The molecule has 1 aliphatic carbocycles. The molecule has 236 valence electrons. The molecule has 0 saturated heterocycles. The van der Waals surface area contributed by atoms with Crippen molar-refractivity contribution in [3.8, 4) is 11.1 Å². The van der Waals surface area contributed by atoms with Gasteiger partial charge in [0, 0.05) is 43.9 Å². The van der Waals surface area contributed by atoms with E-state index >= 15 is 0 Å². The topological polar surface area (TPSA) is 29.5 Å². The van der Waals surface area contributed by atoms with E-state index in [0.29, 0.717) is 0 Å². The molecule has 0 fully saturated rings. The second kappa shape index (κ2) is 11.0. The minimum atomic E-state index is -0.139. The standard InChI is InChI=1S/C46H35NO2/c1-5-30(32-17-12-18-37-35-15-7-10-22-42(35)48-44(32)37)25-24-29(2)47(41-21-13-19-38-36-16-8-11-23-43(36)49-45(38)41)31-26-27-34-33-14-6-9-20-39(33)46(3,4)40(34)28-31/h5-28H,2H2,1,3-4H3/b25-24-,30-5+. The molecule has 3 nitrogen and oxygen atoms in total. The Bertz CT molecular complexity index is 2680. The summed E-state index contributed by atoms with van der Waals surface area (Å²) < 4.78 is 13.0. The Hall–Kier alpha value is -6.06. The van der Waals surface area contributed by atoms with Gasteiger partial charge in [0.2, 0.25) is 0 Å². The van der Waals surface area contributed by atoms with Gasteiger partial charge >= 0.3 is 0 Å².